The highest BCUT2D eigenvalue weighted by atomic mass is 35.5. The smallest absolute Gasteiger partial charge is 0.291 e. The molecule has 2 aromatic carbocycles. The molecule has 1 aliphatic rings. The number of amides is 2. The van der Waals surface area contributed by atoms with Crippen LogP contribution in [-0.4, -0.2) is 23.3 Å². The third-order valence-corrected chi connectivity index (χ3v) is 5.72. The van der Waals surface area contributed by atoms with Gasteiger partial charge in [-0.1, -0.05) is 29.3 Å². The van der Waals surface area contributed by atoms with Gasteiger partial charge < -0.3 is 14.6 Å². The van der Waals surface area contributed by atoms with Crippen molar-refractivity contribution in [2.75, 3.05) is 11.9 Å². The number of carbonyl (C=O) groups excluding carboxylic acids is 2. The van der Waals surface area contributed by atoms with Crippen molar-refractivity contribution >= 4 is 40.7 Å². The van der Waals surface area contributed by atoms with Crippen molar-refractivity contribution in [2.24, 2.45) is 0 Å². The fraction of sp³-hybridized carbons (Fsp3) is 0.182. The zero-order chi connectivity index (χ0) is 20.4. The van der Waals surface area contributed by atoms with Crippen LogP contribution in [0.2, 0.25) is 10.0 Å². The molecule has 0 bridgehead atoms. The second-order valence-electron chi connectivity index (χ2n) is 6.84. The van der Waals surface area contributed by atoms with Gasteiger partial charge in [-0.2, -0.15) is 0 Å². The molecule has 29 heavy (non-hydrogen) atoms. The predicted molar refractivity (Wildman–Crippen MR) is 113 cm³/mol. The van der Waals surface area contributed by atoms with Gasteiger partial charge in [0, 0.05) is 17.8 Å². The summed E-state index contributed by atoms with van der Waals surface area (Å²) >= 11 is 12.2. The number of benzene rings is 2. The van der Waals surface area contributed by atoms with Crippen LogP contribution < -0.4 is 5.32 Å². The first-order valence-corrected chi connectivity index (χ1v) is 9.99. The topological polar surface area (TPSA) is 62.6 Å². The van der Waals surface area contributed by atoms with Crippen LogP contribution in [0.3, 0.4) is 0 Å². The Morgan fingerprint density at radius 3 is 2.52 bits per heavy atom. The quantitative estimate of drug-likeness (QED) is 0.569. The first kappa shape index (κ1) is 19.6. The molecular formula is C22H18Cl2N2O3. The molecule has 2 heterocycles. The molecular weight excluding hydrogens is 411 g/mol. The standard InChI is InChI=1S/C22H18Cl2N2O3/c23-17-10-7-15(13-18(17)24)19-3-1-11-26(19)22(28)14-5-8-16(9-6-14)25-21(27)20-4-2-12-29-20/h2,4-10,12-13,19H,1,3,11H2,(H,25,27)/t19-/m1/s1. The van der Waals surface area contributed by atoms with Crippen molar-refractivity contribution in [1.29, 1.82) is 0 Å². The van der Waals surface area contributed by atoms with E-state index < -0.39 is 0 Å². The Bertz CT molecular complexity index is 1030. The molecule has 0 aliphatic carbocycles. The third-order valence-electron chi connectivity index (χ3n) is 4.98. The van der Waals surface area contributed by atoms with Gasteiger partial charge in [0.05, 0.1) is 22.4 Å². The van der Waals surface area contributed by atoms with E-state index in [1.807, 2.05) is 17.0 Å². The fourth-order valence-electron chi connectivity index (χ4n) is 3.54. The number of nitrogens with one attached hydrogen (secondary N) is 1. The van der Waals surface area contributed by atoms with Crippen LogP contribution in [0.5, 0.6) is 0 Å². The first-order valence-electron chi connectivity index (χ1n) is 9.24. The highest BCUT2D eigenvalue weighted by Gasteiger charge is 2.30. The summed E-state index contributed by atoms with van der Waals surface area (Å²) in [6, 6.07) is 15.5. The molecule has 148 valence electrons. The van der Waals surface area contributed by atoms with Gasteiger partial charge in [0.15, 0.2) is 5.76 Å². The third kappa shape index (κ3) is 4.16. The van der Waals surface area contributed by atoms with Crippen LogP contribution in [0.4, 0.5) is 5.69 Å². The number of rotatable bonds is 4. The van der Waals surface area contributed by atoms with Crippen molar-refractivity contribution in [3.63, 3.8) is 0 Å². The van der Waals surface area contributed by atoms with Gasteiger partial charge in [-0.05, 0) is 66.9 Å². The molecule has 1 aliphatic heterocycles. The molecule has 4 rings (SSSR count). The van der Waals surface area contributed by atoms with Gasteiger partial charge in [-0.3, -0.25) is 9.59 Å². The second kappa shape index (κ2) is 8.31. The summed E-state index contributed by atoms with van der Waals surface area (Å²) in [5.41, 5.74) is 2.13. The molecule has 5 nitrogen and oxygen atoms in total. The van der Waals surface area contributed by atoms with Crippen LogP contribution in [-0.2, 0) is 0 Å². The highest BCUT2D eigenvalue weighted by molar-refractivity contribution is 6.42. The van der Waals surface area contributed by atoms with E-state index in [1.165, 1.54) is 6.26 Å². The van der Waals surface area contributed by atoms with Gasteiger partial charge >= 0.3 is 0 Å². The van der Waals surface area contributed by atoms with Gasteiger partial charge in [-0.25, -0.2) is 0 Å². The molecule has 1 aromatic heterocycles. The number of furan rings is 1. The average Bonchev–Trinajstić information content (AvgIpc) is 3.42. The number of likely N-dealkylation sites (tertiary alicyclic amines) is 1. The minimum atomic E-state index is -0.340. The minimum absolute atomic E-state index is 0.0319. The largest absolute Gasteiger partial charge is 0.459 e. The summed E-state index contributed by atoms with van der Waals surface area (Å²) in [7, 11) is 0. The summed E-state index contributed by atoms with van der Waals surface area (Å²) in [5, 5.41) is 3.73. The summed E-state index contributed by atoms with van der Waals surface area (Å²) in [6.07, 6.45) is 3.24. The van der Waals surface area contributed by atoms with Gasteiger partial charge in [0.1, 0.15) is 0 Å². The Kier molecular flexibility index (Phi) is 5.60. The summed E-state index contributed by atoms with van der Waals surface area (Å²) < 4.78 is 5.08. The van der Waals surface area contributed by atoms with Crippen LogP contribution in [0.25, 0.3) is 0 Å². The van der Waals surface area contributed by atoms with E-state index in [-0.39, 0.29) is 23.6 Å². The zero-order valence-electron chi connectivity index (χ0n) is 15.4. The second-order valence-corrected chi connectivity index (χ2v) is 7.65. The van der Waals surface area contributed by atoms with Crippen molar-refractivity contribution in [3.8, 4) is 0 Å². The number of hydrogen-bond acceptors (Lipinski definition) is 3. The van der Waals surface area contributed by atoms with Crippen LogP contribution >= 0.6 is 23.2 Å². The number of nitrogens with zero attached hydrogens (tertiary/aromatic N) is 1. The zero-order valence-corrected chi connectivity index (χ0v) is 16.9. The number of carbonyl (C=O) groups is 2. The van der Waals surface area contributed by atoms with Crippen molar-refractivity contribution in [3.05, 3.63) is 87.8 Å². The van der Waals surface area contributed by atoms with Gasteiger partial charge in [-0.15, -0.1) is 0 Å². The molecule has 1 saturated heterocycles. The lowest BCUT2D eigenvalue weighted by Crippen LogP contribution is -2.30. The molecule has 0 spiro atoms. The number of anilines is 1. The molecule has 1 N–H and O–H groups in total. The Balaban J connectivity index is 1.48. The van der Waals surface area contributed by atoms with E-state index in [0.717, 1.165) is 18.4 Å². The molecule has 3 aromatic rings. The van der Waals surface area contributed by atoms with E-state index in [4.69, 9.17) is 27.6 Å². The number of hydrogen-bond donors (Lipinski definition) is 1. The molecule has 1 fully saturated rings. The van der Waals surface area contributed by atoms with Crippen LogP contribution in [0.15, 0.2) is 65.3 Å². The maximum absolute atomic E-state index is 13.1. The van der Waals surface area contributed by atoms with Gasteiger partial charge in [0.25, 0.3) is 11.8 Å². The maximum Gasteiger partial charge on any atom is 0.291 e. The normalized spacial score (nSPS) is 16.1. The van der Waals surface area contributed by atoms with E-state index in [0.29, 0.717) is 27.8 Å². The Labute approximate surface area is 178 Å². The molecule has 0 radical (unpaired) electrons. The molecule has 1 atom stereocenters. The van der Waals surface area contributed by atoms with E-state index in [1.54, 1.807) is 42.5 Å². The fourth-order valence-corrected chi connectivity index (χ4v) is 3.84. The Morgan fingerprint density at radius 1 is 1.03 bits per heavy atom. The maximum atomic E-state index is 13.1. The lowest BCUT2D eigenvalue weighted by atomic mass is 10.0. The summed E-state index contributed by atoms with van der Waals surface area (Å²) in [4.78, 5) is 27.0. The monoisotopic (exact) mass is 428 g/mol. The lowest BCUT2D eigenvalue weighted by molar-refractivity contribution is 0.0735. The minimum Gasteiger partial charge on any atom is -0.459 e. The molecule has 2 amide bonds. The van der Waals surface area contributed by atoms with Crippen LogP contribution in [0.1, 0.15) is 45.4 Å². The number of halogens is 2. The molecule has 0 saturated carbocycles. The SMILES string of the molecule is O=C(Nc1ccc(C(=O)N2CCC[C@@H]2c2ccc(Cl)c(Cl)c2)cc1)c1ccco1. The van der Waals surface area contributed by atoms with Gasteiger partial charge in [0.2, 0.25) is 0 Å². The van der Waals surface area contributed by atoms with Crippen molar-refractivity contribution in [1.82, 2.24) is 4.90 Å². The highest BCUT2D eigenvalue weighted by Crippen LogP contribution is 2.36. The molecule has 7 heteroatoms. The Morgan fingerprint density at radius 2 is 1.83 bits per heavy atom. The predicted octanol–water partition coefficient (Wildman–Crippen LogP) is 5.82. The molecule has 0 unspecified atom stereocenters. The van der Waals surface area contributed by atoms with Crippen LogP contribution in [0, 0.1) is 0 Å². The van der Waals surface area contributed by atoms with E-state index in [9.17, 15) is 9.59 Å². The summed E-state index contributed by atoms with van der Waals surface area (Å²) in [6.45, 7) is 0.681. The summed E-state index contributed by atoms with van der Waals surface area (Å²) in [5.74, 6) is -0.164. The van der Waals surface area contributed by atoms with Crippen molar-refractivity contribution < 1.29 is 14.0 Å². The van der Waals surface area contributed by atoms with E-state index in [2.05, 4.69) is 5.32 Å². The Hall–Kier alpha value is -2.76. The lowest BCUT2D eigenvalue weighted by Gasteiger charge is -2.25. The first-order chi connectivity index (χ1) is 14.0. The van der Waals surface area contributed by atoms with Crippen molar-refractivity contribution in [2.45, 2.75) is 18.9 Å². The van der Waals surface area contributed by atoms with E-state index >= 15 is 0 Å². The average molecular weight is 429 g/mol.